The van der Waals surface area contributed by atoms with Crippen molar-refractivity contribution < 1.29 is 4.52 Å². The van der Waals surface area contributed by atoms with E-state index in [9.17, 15) is 0 Å². The molecule has 25 heavy (non-hydrogen) atoms. The van der Waals surface area contributed by atoms with E-state index in [-0.39, 0.29) is 5.95 Å². The third-order valence-corrected chi connectivity index (χ3v) is 4.14. The Balaban J connectivity index is 1.71. The number of hydrogen-bond donors (Lipinski definition) is 3. The lowest BCUT2D eigenvalue weighted by molar-refractivity contribution is 0.392. The van der Waals surface area contributed by atoms with E-state index in [0.717, 1.165) is 39.2 Å². The third kappa shape index (κ3) is 2.78. The number of nitrogens with one attached hydrogen (secondary N) is 2. The van der Waals surface area contributed by atoms with Crippen LogP contribution in [-0.2, 0) is 6.54 Å². The zero-order valence-corrected chi connectivity index (χ0v) is 13.9. The molecule has 0 saturated carbocycles. The first kappa shape index (κ1) is 15.1. The number of fused-ring (bicyclic) bond motifs is 1. The van der Waals surface area contributed by atoms with Gasteiger partial charge >= 0.3 is 0 Å². The normalized spacial score (nSPS) is 11.1. The standard InChI is InChI=1S/C17H17N7O/c1-9-13(10(2)25-24-9)8-19-16-12-4-3-11(14-5-6-20-23-14)7-15(12)21-17(18)22-16/h3-7H,8H2,1-2H3,(H,20,23)(H3,18,19,21,22). The Hall–Kier alpha value is -3.42. The zero-order chi connectivity index (χ0) is 17.4. The van der Waals surface area contributed by atoms with Crippen LogP contribution in [0.3, 0.4) is 0 Å². The molecule has 8 heteroatoms. The van der Waals surface area contributed by atoms with Crippen LogP contribution in [0.5, 0.6) is 0 Å². The summed E-state index contributed by atoms with van der Waals surface area (Å²) in [5, 5.41) is 15.1. The Morgan fingerprint density at radius 2 is 2.08 bits per heavy atom. The SMILES string of the molecule is Cc1noc(C)c1CNc1nc(N)nc2cc(-c3ccn[nH]3)ccc12. The molecule has 3 heterocycles. The molecule has 1 aromatic carbocycles. The predicted molar refractivity (Wildman–Crippen MR) is 94.8 cm³/mol. The van der Waals surface area contributed by atoms with Crippen molar-refractivity contribution in [3.63, 3.8) is 0 Å². The van der Waals surface area contributed by atoms with Crippen LogP contribution in [0.1, 0.15) is 17.0 Å². The molecule has 3 aromatic heterocycles. The maximum Gasteiger partial charge on any atom is 0.222 e. The molecule has 0 saturated heterocycles. The summed E-state index contributed by atoms with van der Waals surface area (Å²) in [4.78, 5) is 8.69. The van der Waals surface area contributed by atoms with Crippen molar-refractivity contribution in [3.8, 4) is 11.3 Å². The molecule has 126 valence electrons. The number of nitrogen functional groups attached to an aromatic ring is 1. The van der Waals surface area contributed by atoms with Crippen molar-refractivity contribution in [2.24, 2.45) is 0 Å². The highest BCUT2D eigenvalue weighted by atomic mass is 16.5. The summed E-state index contributed by atoms with van der Waals surface area (Å²) in [6.45, 7) is 4.35. The van der Waals surface area contributed by atoms with E-state index in [1.807, 2.05) is 38.1 Å². The van der Waals surface area contributed by atoms with Gasteiger partial charge in [0.1, 0.15) is 11.6 Å². The van der Waals surface area contributed by atoms with Crippen LogP contribution in [0.2, 0.25) is 0 Å². The summed E-state index contributed by atoms with van der Waals surface area (Å²) in [5.41, 5.74) is 10.4. The molecule has 0 bridgehead atoms. The predicted octanol–water partition coefficient (Wildman–Crippen LogP) is 2.82. The number of hydrogen-bond acceptors (Lipinski definition) is 7. The van der Waals surface area contributed by atoms with Crippen molar-refractivity contribution in [2.45, 2.75) is 20.4 Å². The van der Waals surface area contributed by atoms with E-state index >= 15 is 0 Å². The van der Waals surface area contributed by atoms with E-state index in [0.29, 0.717) is 12.4 Å². The fraction of sp³-hybridized carbons (Fsp3) is 0.176. The molecule has 0 atom stereocenters. The molecule has 0 spiro atoms. The average Bonchev–Trinajstić information content (AvgIpc) is 3.23. The van der Waals surface area contributed by atoms with Gasteiger partial charge in [-0.05, 0) is 32.0 Å². The van der Waals surface area contributed by atoms with Gasteiger partial charge < -0.3 is 15.6 Å². The van der Waals surface area contributed by atoms with Crippen LogP contribution < -0.4 is 11.1 Å². The van der Waals surface area contributed by atoms with Gasteiger partial charge in [-0.15, -0.1) is 0 Å². The van der Waals surface area contributed by atoms with Gasteiger partial charge in [-0.1, -0.05) is 11.2 Å². The average molecular weight is 335 g/mol. The fourth-order valence-corrected chi connectivity index (χ4v) is 2.79. The molecule has 0 aliphatic rings. The number of nitrogens with zero attached hydrogens (tertiary/aromatic N) is 4. The van der Waals surface area contributed by atoms with E-state index in [2.05, 4.69) is 30.6 Å². The van der Waals surface area contributed by atoms with Crippen molar-refractivity contribution in [2.75, 3.05) is 11.1 Å². The third-order valence-electron chi connectivity index (χ3n) is 4.14. The summed E-state index contributed by atoms with van der Waals surface area (Å²) in [7, 11) is 0. The summed E-state index contributed by atoms with van der Waals surface area (Å²) >= 11 is 0. The molecule has 0 fully saturated rings. The van der Waals surface area contributed by atoms with E-state index in [1.165, 1.54) is 0 Å². The minimum atomic E-state index is 0.218. The van der Waals surface area contributed by atoms with Crippen LogP contribution in [0.25, 0.3) is 22.2 Å². The van der Waals surface area contributed by atoms with Gasteiger partial charge in [-0.2, -0.15) is 10.1 Å². The first-order valence-corrected chi connectivity index (χ1v) is 7.84. The van der Waals surface area contributed by atoms with Gasteiger partial charge in [-0.25, -0.2) is 4.98 Å². The van der Waals surface area contributed by atoms with Gasteiger partial charge in [0.25, 0.3) is 0 Å². The Bertz CT molecular complexity index is 1020. The summed E-state index contributed by atoms with van der Waals surface area (Å²) in [6.07, 6.45) is 1.71. The summed E-state index contributed by atoms with van der Waals surface area (Å²) in [5.74, 6) is 1.69. The number of nitrogens with two attached hydrogens (primary N) is 1. The number of aromatic nitrogens is 5. The Kier molecular flexibility index (Phi) is 3.57. The molecule has 8 nitrogen and oxygen atoms in total. The lowest BCUT2D eigenvalue weighted by Gasteiger charge is -2.10. The topological polar surface area (TPSA) is 119 Å². The molecule has 4 rings (SSSR count). The maximum atomic E-state index is 5.89. The molecule has 4 aromatic rings. The number of rotatable bonds is 4. The second kappa shape index (κ2) is 5.90. The molecule has 0 unspecified atom stereocenters. The molecule has 4 N–H and O–H groups in total. The highest BCUT2D eigenvalue weighted by molar-refractivity contribution is 5.92. The monoisotopic (exact) mass is 335 g/mol. The second-order valence-electron chi connectivity index (χ2n) is 5.79. The molecule has 0 amide bonds. The van der Waals surface area contributed by atoms with Crippen LogP contribution >= 0.6 is 0 Å². The number of benzene rings is 1. The summed E-state index contributed by atoms with van der Waals surface area (Å²) in [6, 6.07) is 7.83. The number of aromatic amines is 1. The van der Waals surface area contributed by atoms with E-state index in [4.69, 9.17) is 10.3 Å². The highest BCUT2D eigenvalue weighted by Gasteiger charge is 2.12. The lowest BCUT2D eigenvalue weighted by atomic mass is 10.1. The van der Waals surface area contributed by atoms with Crippen LogP contribution in [0.15, 0.2) is 35.0 Å². The van der Waals surface area contributed by atoms with E-state index < -0.39 is 0 Å². The Morgan fingerprint density at radius 1 is 1.20 bits per heavy atom. The fourth-order valence-electron chi connectivity index (χ4n) is 2.79. The highest BCUT2D eigenvalue weighted by Crippen LogP contribution is 2.27. The molecule has 0 aliphatic carbocycles. The Labute approximate surface area is 143 Å². The molecule has 0 aliphatic heterocycles. The minimum Gasteiger partial charge on any atom is -0.368 e. The van der Waals surface area contributed by atoms with Crippen molar-refractivity contribution in [1.82, 2.24) is 25.3 Å². The van der Waals surface area contributed by atoms with Crippen molar-refractivity contribution in [1.29, 1.82) is 0 Å². The van der Waals surface area contributed by atoms with Crippen LogP contribution in [0, 0.1) is 13.8 Å². The Morgan fingerprint density at radius 3 is 2.80 bits per heavy atom. The van der Waals surface area contributed by atoms with Gasteiger partial charge in [0.2, 0.25) is 5.95 Å². The van der Waals surface area contributed by atoms with Gasteiger partial charge in [-0.3, -0.25) is 5.10 Å². The van der Waals surface area contributed by atoms with Crippen molar-refractivity contribution in [3.05, 3.63) is 47.5 Å². The second-order valence-corrected chi connectivity index (χ2v) is 5.79. The quantitative estimate of drug-likeness (QED) is 0.524. The first-order chi connectivity index (χ1) is 12.1. The smallest absolute Gasteiger partial charge is 0.222 e. The van der Waals surface area contributed by atoms with E-state index in [1.54, 1.807) is 6.20 Å². The minimum absolute atomic E-state index is 0.218. The van der Waals surface area contributed by atoms with Crippen molar-refractivity contribution >= 4 is 22.7 Å². The molecular weight excluding hydrogens is 318 g/mol. The number of H-pyrrole nitrogens is 1. The molecule has 0 radical (unpaired) electrons. The summed E-state index contributed by atoms with van der Waals surface area (Å²) < 4.78 is 5.20. The zero-order valence-electron chi connectivity index (χ0n) is 13.9. The maximum absolute atomic E-state index is 5.89. The number of aryl methyl sites for hydroxylation is 2. The molecular formula is C17H17N7O. The largest absolute Gasteiger partial charge is 0.368 e. The van der Waals surface area contributed by atoms with Crippen LogP contribution in [-0.4, -0.2) is 25.3 Å². The van der Waals surface area contributed by atoms with Gasteiger partial charge in [0, 0.05) is 29.3 Å². The first-order valence-electron chi connectivity index (χ1n) is 7.84. The van der Waals surface area contributed by atoms with Gasteiger partial charge in [0.05, 0.1) is 16.9 Å². The van der Waals surface area contributed by atoms with Crippen LogP contribution in [0.4, 0.5) is 11.8 Å². The van der Waals surface area contributed by atoms with Gasteiger partial charge in [0.15, 0.2) is 0 Å². The number of anilines is 2. The lowest BCUT2D eigenvalue weighted by Crippen LogP contribution is -2.06.